The number of hydrazone groups is 1. The molecule has 0 spiro atoms. The van der Waals surface area contributed by atoms with Crippen LogP contribution in [0.2, 0.25) is 0 Å². The summed E-state index contributed by atoms with van der Waals surface area (Å²) in [5, 5.41) is 3.95. The van der Waals surface area contributed by atoms with Gasteiger partial charge in [0.15, 0.2) is 18.1 Å². The van der Waals surface area contributed by atoms with E-state index < -0.39 is 11.6 Å². The number of esters is 1. The minimum absolute atomic E-state index is 0.175. The molecule has 1 amide bonds. The van der Waals surface area contributed by atoms with Gasteiger partial charge >= 0.3 is 5.97 Å². The number of nitrogens with one attached hydrogen (secondary N) is 1. The molecule has 0 aromatic heterocycles. The second-order valence-electron chi connectivity index (χ2n) is 7.21. The van der Waals surface area contributed by atoms with Crippen LogP contribution in [0.3, 0.4) is 0 Å². The Balaban J connectivity index is 1.88. The monoisotopic (exact) mass is 414 g/mol. The molecule has 8 nitrogen and oxygen atoms in total. The third-order valence-corrected chi connectivity index (χ3v) is 3.68. The van der Waals surface area contributed by atoms with Crippen LogP contribution in [0.1, 0.15) is 36.7 Å². The van der Waals surface area contributed by atoms with E-state index >= 15 is 0 Å². The maximum Gasteiger partial charge on any atom is 0.344 e. The molecule has 0 aliphatic heterocycles. The number of rotatable bonds is 8. The number of nitrogens with zero attached hydrogens (tertiary/aromatic N) is 1. The van der Waals surface area contributed by atoms with Crippen molar-refractivity contribution in [2.75, 3.05) is 20.8 Å². The molecule has 0 bridgehead atoms. The smallest absolute Gasteiger partial charge is 0.344 e. The van der Waals surface area contributed by atoms with E-state index in [0.717, 1.165) is 5.56 Å². The first-order valence-electron chi connectivity index (χ1n) is 9.22. The minimum Gasteiger partial charge on any atom is -0.493 e. The minimum atomic E-state index is -0.553. The molecule has 0 fully saturated rings. The number of amides is 1. The van der Waals surface area contributed by atoms with Crippen molar-refractivity contribution >= 4 is 18.1 Å². The molecule has 30 heavy (non-hydrogen) atoms. The largest absolute Gasteiger partial charge is 0.493 e. The molecule has 0 saturated carbocycles. The van der Waals surface area contributed by atoms with Gasteiger partial charge in [0.2, 0.25) is 0 Å². The van der Waals surface area contributed by atoms with Gasteiger partial charge in [-0.3, -0.25) is 4.79 Å². The Hall–Kier alpha value is -3.55. The molecule has 0 radical (unpaired) electrons. The lowest BCUT2D eigenvalue weighted by molar-refractivity contribution is -0.157. The summed E-state index contributed by atoms with van der Waals surface area (Å²) < 4.78 is 20.9. The standard InChI is InChI=1S/C22H26N2O6/c1-22(2,3)30-20(25)14-29-17-9-6-15(7-10-17)13-23-24-21(26)16-8-11-18(27-4)19(12-16)28-5/h6-13H,14H2,1-5H3,(H,24,26)/b23-13+. The Morgan fingerprint density at radius 3 is 2.27 bits per heavy atom. The quantitative estimate of drug-likeness (QED) is 0.405. The Morgan fingerprint density at radius 2 is 1.67 bits per heavy atom. The summed E-state index contributed by atoms with van der Waals surface area (Å²) in [4.78, 5) is 23.9. The summed E-state index contributed by atoms with van der Waals surface area (Å²) in [6, 6.07) is 11.7. The zero-order chi connectivity index (χ0) is 22.1. The second kappa shape index (κ2) is 10.3. The molecule has 0 heterocycles. The first-order valence-corrected chi connectivity index (χ1v) is 9.22. The Kier molecular flexibility index (Phi) is 7.80. The average Bonchev–Trinajstić information content (AvgIpc) is 2.71. The molecular formula is C22H26N2O6. The number of carbonyl (C=O) groups is 2. The van der Waals surface area contributed by atoms with Gasteiger partial charge in [-0.15, -0.1) is 0 Å². The zero-order valence-electron chi connectivity index (χ0n) is 17.7. The molecule has 2 aromatic carbocycles. The predicted octanol–water partition coefficient (Wildman–Crippen LogP) is 3.19. The van der Waals surface area contributed by atoms with Crippen molar-refractivity contribution < 1.29 is 28.5 Å². The fraction of sp³-hybridized carbons (Fsp3) is 0.318. The number of hydrogen-bond acceptors (Lipinski definition) is 7. The van der Waals surface area contributed by atoms with Crippen LogP contribution in [0, 0.1) is 0 Å². The van der Waals surface area contributed by atoms with Gasteiger partial charge in [0.05, 0.1) is 20.4 Å². The molecule has 0 aliphatic rings. The number of methoxy groups -OCH3 is 2. The first-order chi connectivity index (χ1) is 14.2. The van der Waals surface area contributed by atoms with E-state index in [9.17, 15) is 9.59 Å². The van der Waals surface area contributed by atoms with Crippen molar-refractivity contribution in [1.29, 1.82) is 0 Å². The lowest BCUT2D eigenvalue weighted by Gasteiger charge is -2.19. The Labute approximate surface area is 175 Å². The van der Waals surface area contributed by atoms with Gasteiger partial charge < -0.3 is 18.9 Å². The molecule has 1 N–H and O–H groups in total. The summed E-state index contributed by atoms with van der Waals surface area (Å²) in [5.74, 6) is 0.686. The van der Waals surface area contributed by atoms with Crippen molar-refractivity contribution in [3.63, 3.8) is 0 Å². The van der Waals surface area contributed by atoms with Gasteiger partial charge in [-0.05, 0) is 68.8 Å². The van der Waals surface area contributed by atoms with Gasteiger partial charge in [-0.2, -0.15) is 5.10 Å². The normalized spacial score (nSPS) is 11.1. The van der Waals surface area contributed by atoms with Gasteiger partial charge in [0.1, 0.15) is 11.4 Å². The van der Waals surface area contributed by atoms with Crippen LogP contribution in [-0.4, -0.2) is 44.5 Å². The highest BCUT2D eigenvalue weighted by atomic mass is 16.6. The molecule has 0 aliphatic carbocycles. The third kappa shape index (κ3) is 7.12. The van der Waals surface area contributed by atoms with Crippen LogP contribution in [0.15, 0.2) is 47.6 Å². The van der Waals surface area contributed by atoms with E-state index in [-0.39, 0.29) is 12.5 Å². The van der Waals surface area contributed by atoms with Crippen molar-refractivity contribution in [3.05, 3.63) is 53.6 Å². The topological polar surface area (TPSA) is 95.5 Å². The molecule has 0 atom stereocenters. The zero-order valence-corrected chi connectivity index (χ0v) is 17.7. The highest BCUT2D eigenvalue weighted by Crippen LogP contribution is 2.27. The van der Waals surface area contributed by atoms with Crippen LogP contribution in [0.5, 0.6) is 17.2 Å². The van der Waals surface area contributed by atoms with Crippen LogP contribution < -0.4 is 19.6 Å². The van der Waals surface area contributed by atoms with E-state index in [1.165, 1.54) is 20.4 Å². The van der Waals surface area contributed by atoms with Crippen molar-refractivity contribution in [2.24, 2.45) is 5.10 Å². The number of ether oxygens (including phenoxy) is 4. The van der Waals surface area contributed by atoms with E-state index in [1.807, 2.05) is 0 Å². The SMILES string of the molecule is COc1ccc(C(=O)N/N=C/c2ccc(OCC(=O)OC(C)(C)C)cc2)cc1OC. The number of carbonyl (C=O) groups excluding carboxylic acids is 2. The highest BCUT2D eigenvalue weighted by molar-refractivity contribution is 5.95. The lowest BCUT2D eigenvalue weighted by Crippen LogP contribution is -2.27. The third-order valence-electron chi connectivity index (χ3n) is 3.68. The maximum absolute atomic E-state index is 12.2. The molecule has 8 heteroatoms. The molecular weight excluding hydrogens is 388 g/mol. The van der Waals surface area contributed by atoms with E-state index in [0.29, 0.717) is 22.8 Å². The highest BCUT2D eigenvalue weighted by Gasteiger charge is 2.16. The van der Waals surface area contributed by atoms with Gasteiger partial charge in [0, 0.05) is 5.56 Å². The molecule has 2 aromatic rings. The first kappa shape index (κ1) is 22.7. The second-order valence-corrected chi connectivity index (χ2v) is 7.21. The van der Waals surface area contributed by atoms with Crippen LogP contribution in [0.25, 0.3) is 0 Å². The van der Waals surface area contributed by atoms with Gasteiger partial charge in [-0.1, -0.05) is 0 Å². The summed E-state index contributed by atoms with van der Waals surface area (Å²) in [5.41, 5.74) is 3.03. The van der Waals surface area contributed by atoms with Crippen molar-refractivity contribution in [1.82, 2.24) is 5.43 Å². The van der Waals surface area contributed by atoms with E-state index in [4.69, 9.17) is 18.9 Å². The van der Waals surface area contributed by atoms with Gasteiger partial charge in [-0.25, -0.2) is 10.2 Å². The van der Waals surface area contributed by atoms with Crippen LogP contribution >= 0.6 is 0 Å². The number of hydrogen-bond donors (Lipinski definition) is 1. The Bertz CT molecular complexity index is 901. The summed E-state index contributed by atoms with van der Waals surface area (Å²) in [6.45, 7) is 5.21. The van der Waals surface area contributed by atoms with Crippen LogP contribution in [-0.2, 0) is 9.53 Å². The molecule has 2 rings (SSSR count). The fourth-order valence-electron chi connectivity index (χ4n) is 2.37. The average molecular weight is 414 g/mol. The van der Waals surface area contributed by atoms with E-state index in [2.05, 4.69) is 10.5 Å². The molecule has 160 valence electrons. The predicted molar refractivity (Wildman–Crippen MR) is 112 cm³/mol. The van der Waals surface area contributed by atoms with Crippen LogP contribution in [0.4, 0.5) is 0 Å². The number of benzene rings is 2. The van der Waals surface area contributed by atoms with E-state index in [1.54, 1.807) is 63.2 Å². The lowest BCUT2D eigenvalue weighted by atomic mass is 10.2. The fourth-order valence-corrected chi connectivity index (χ4v) is 2.37. The van der Waals surface area contributed by atoms with Gasteiger partial charge in [0.25, 0.3) is 5.91 Å². The maximum atomic E-state index is 12.2. The molecule has 0 saturated heterocycles. The summed E-state index contributed by atoms with van der Waals surface area (Å²) >= 11 is 0. The van der Waals surface area contributed by atoms with Crippen molar-refractivity contribution in [3.8, 4) is 17.2 Å². The summed E-state index contributed by atoms with van der Waals surface area (Å²) in [6.07, 6.45) is 1.50. The Morgan fingerprint density at radius 1 is 1.00 bits per heavy atom. The molecule has 0 unspecified atom stereocenters. The van der Waals surface area contributed by atoms with Crippen molar-refractivity contribution in [2.45, 2.75) is 26.4 Å². The summed E-state index contributed by atoms with van der Waals surface area (Å²) in [7, 11) is 3.02.